The molecule has 0 aliphatic rings. The molecule has 8 aromatic carbocycles. The summed E-state index contributed by atoms with van der Waals surface area (Å²) in [6.45, 7) is 0. The molecule has 4 nitrogen and oxygen atoms in total. The van der Waals surface area contributed by atoms with Gasteiger partial charge in [-0.2, -0.15) is 0 Å². The zero-order chi connectivity index (χ0) is 35.1. The van der Waals surface area contributed by atoms with Crippen molar-refractivity contribution in [2.75, 3.05) is 0 Å². The molecule has 10 aromatic rings. The molecule has 0 saturated heterocycles. The monoisotopic (exact) mass is 677 g/mol. The molecule has 4 heteroatoms. The van der Waals surface area contributed by atoms with E-state index in [1.54, 1.807) is 0 Å². The summed E-state index contributed by atoms with van der Waals surface area (Å²) < 4.78 is 6.61. The topological polar surface area (TPSA) is 51.8 Å². The van der Waals surface area contributed by atoms with Crippen molar-refractivity contribution in [3.63, 3.8) is 0 Å². The molecule has 2 heterocycles. The van der Waals surface area contributed by atoms with Crippen LogP contribution >= 0.6 is 0 Å². The Hall–Kier alpha value is -7.17. The van der Waals surface area contributed by atoms with Gasteiger partial charge < -0.3 is 4.42 Å². The second kappa shape index (κ2) is 12.9. The maximum atomic E-state index is 6.61. The highest BCUT2D eigenvalue weighted by Gasteiger charge is 2.20. The molecule has 53 heavy (non-hydrogen) atoms. The van der Waals surface area contributed by atoms with Gasteiger partial charge in [-0.3, -0.25) is 0 Å². The zero-order valence-electron chi connectivity index (χ0n) is 28.6. The van der Waals surface area contributed by atoms with E-state index in [2.05, 4.69) is 140 Å². The molecule has 0 atom stereocenters. The second-order valence-corrected chi connectivity index (χ2v) is 13.2. The van der Waals surface area contributed by atoms with E-state index in [4.69, 9.17) is 19.4 Å². The predicted molar refractivity (Wildman–Crippen MR) is 217 cm³/mol. The van der Waals surface area contributed by atoms with Crippen LogP contribution in [0, 0.1) is 0 Å². The third kappa shape index (κ3) is 5.54. The summed E-state index contributed by atoms with van der Waals surface area (Å²) in [7, 11) is 0. The first-order valence-electron chi connectivity index (χ1n) is 17.8. The summed E-state index contributed by atoms with van der Waals surface area (Å²) in [5, 5.41) is 4.40. The normalized spacial score (nSPS) is 11.4. The highest BCUT2D eigenvalue weighted by Crippen LogP contribution is 2.41. The van der Waals surface area contributed by atoms with Gasteiger partial charge in [-0.1, -0.05) is 170 Å². The summed E-state index contributed by atoms with van der Waals surface area (Å²) in [4.78, 5) is 15.5. The fourth-order valence-corrected chi connectivity index (χ4v) is 7.37. The molecule has 0 aliphatic carbocycles. The van der Waals surface area contributed by atoms with Crippen molar-refractivity contribution in [3.05, 3.63) is 188 Å². The summed E-state index contributed by atoms with van der Waals surface area (Å²) in [5.41, 5.74) is 11.0. The van der Waals surface area contributed by atoms with Crippen molar-refractivity contribution in [2.45, 2.75) is 0 Å². The first-order chi connectivity index (χ1) is 26.3. The average Bonchev–Trinajstić information content (AvgIpc) is 3.63. The molecular weight excluding hydrogens is 647 g/mol. The molecule has 0 saturated carbocycles. The van der Waals surface area contributed by atoms with E-state index in [0.29, 0.717) is 17.5 Å². The fraction of sp³-hybridized carbons (Fsp3) is 0. The van der Waals surface area contributed by atoms with Crippen molar-refractivity contribution in [3.8, 4) is 67.5 Å². The Balaban J connectivity index is 1.20. The van der Waals surface area contributed by atoms with Gasteiger partial charge in [0.2, 0.25) is 0 Å². The van der Waals surface area contributed by atoms with E-state index in [0.717, 1.165) is 72.0 Å². The maximum Gasteiger partial charge on any atom is 0.164 e. The lowest BCUT2D eigenvalue weighted by atomic mass is 9.91. The number of aromatic nitrogens is 3. The summed E-state index contributed by atoms with van der Waals surface area (Å²) in [6.07, 6.45) is 0. The zero-order valence-corrected chi connectivity index (χ0v) is 28.6. The smallest absolute Gasteiger partial charge is 0.164 e. The van der Waals surface area contributed by atoms with E-state index in [-0.39, 0.29) is 0 Å². The lowest BCUT2D eigenvalue weighted by molar-refractivity contribution is 0.670. The number of para-hydroxylation sites is 1. The Kier molecular flexibility index (Phi) is 7.43. The molecule has 0 unspecified atom stereocenters. The lowest BCUT2D eigenvalue weighted by Crippen LogP contribution is -2.01. The minimum Gasteiger partial charge on any atom is -0.455 e. The summed E-state index contributed by atoms with van der Waals surface area (Å²) in [6, 6.07) is 65.2. The van der Waals surface area contributed by atoms with Crippen molar-refractivity contribution < 1.29 is 4.42 Å². The van der Waals surface area contributed by atoms with Crippen LogP contribution in [0.25, 0.3) is 100 Å². The number of benzene rings is 8. The summed E-state index contributed by atoms with van der Waals surface area (Å²) in [5.74, 6) is 1.80. The molecule has 2 aromatic heterocycles. The minimum absolute atomic E-state index is 0.589. The second-order valence-electron chi connectivity index (χ2n) is 13.2. The van der Waals surface area contributed by atoms with Crippen molar-refractivity contribution in [1.82, 2.24) is 15.0 Å². The highest BCUT2D eigenvalue weighted by molar-refractivity contribution is 6.15. The number of rotatable bonds is 6. The third-order valence-electron chi connectivity index (χ3n) is 9.94. The lowest BCUT2D eigenvalue weighted by Gasteiger charge is -2.14. The highest BCUT2D eigenvalue weighted by atomic mass is 16.3. The predicted octanol–water partition coefficient (Wildman–Crippen LogP) is 12.9. The Morgan fingerprint density at radius 3 is 1.66 bits per heavy atom. The van der Waals surface area contributed by atoms with Gasteiger partial charge in [0.15, 0.2) is 17.5 Å². The average molecular weight is 678 g/mol. The van der Waals surface area contributed by atoms with Crippen LogP contribution in [0.3, 0.4) is 0 Å². The van der Waals surface area contributed by atoms with E-state index in [9.17, 15) is 0 Å². The number of nitrogens with zero attached hydrogens (tertiary/aromatic N) is 3. The van der Waals surface area contributed by atoms with Crippen LogP contribution in [0.2, 0.25) is 0 Å². The molecule has 248 valence electrons. The van der Waals surface area contributed by atoms with Crippen LogP contribution in [0.1, 0.15) is 0 Å². The molecule has 0 amide bonds. The molecule has 0 aliphatic heterocycles. The third-order valence-corrected chi connectivity index (χ3v) is 9.94. The standard InChI is InChI=1S/C49H31N3O/c1-4-15-33(16-5-1)39-29-28-38(31-43(39)37-27-26-32-14-10-11-21-36(32)30-37)48-50-47(35-19-8-3-9-20-35)51-49(52-48)42-24-13-25-44-45(42)41-23-12-22-40(46(41)53-44)34-17-6-2-7-18-34/h1-31H. The van der Waals surface area contributed by atoms with Gasteiger partial charge in [-0.05, 0) is 56.8 Å². The Morgan fingerprint density at radius 2 is 0.906 bits per heavy atom. The van der Waals surface area contributed by atoms with E-state index in [1.165, 1.54) is 10.8 Å². The van der Waals surface area contributed by atoms with Crippen LogP contribution in [0.4, 0.5) is 0 Å². The van der Waals surface area contributed by atoms with Gasteiger partial charge in [-0.25, -0.2) is 15.0 Å². The first kappa shape index (κ1) is 30.6. The Bertz CT molecular complexity index is 2940. The molecule has 0 radical (unpaired) electrons. The van der Waals surface area contributed by atoms with Crippen LogP contribution < -0.4 is 0 Å². The van der Waals surface area contributed by atoms with Crippen LogP contribution in [-0.2, 0) is 0 Å². The number of hydrogen-bond donors (Lipinski definition) is 0. The van der Waals surface area contributed by atoms with Gasteiger partial charge in [0.1, 0.15) is 11.2 Å². The molecule has 0 spiro atoms. The molecule has 0 fully saturated rings. The van der Waals surface area contributed by atoms with Gasteiger partial charge >= 0.3 is 0 Å². The van der Waals surface area contributed by atoms with Crippen molar-refractivity contribution >= 4 is 32.7 Å². The largest absolute Gasteiger partial charge is 0.455 e. The molecule has 0 N–H and O–H groups in total. The number of hydrogen-bond acceptors (Lipinski definition) is 4. The number of fused-ring (bicyclic) bond motifs is 4. The molecule has 10 rings (SSSR count). The van der Waals surface area contributed by atoms with Crippen LogP contribution in [-0.4, -0.2) is 15.0 Å². The van der Waals surface area contributed by atoms with E-state index < -0.39 is 0 Å². The van der Waals surface area contributed by atoms with Crippen LogP contribution in [0.5, 0.6) is 0 Å². The van der Waals surface area contributed by atoms with Gasteiger partial charge in [0.05, 0.1) is 0 Å². The minimum atomic E-state index is 0.589. The Morgan fingerprint density at radius 1 is 0.321 bits per heavy atom. The molecular formula is C49H31N3O. The van der Waals surface area contributed by atoms with Crippen molar-refractivity contribution in [2.24, 2.45) is 0 Å². The van der Waals surface area contributed by atoms with E-state index >= 15 is 0 Å². The number of furan rings is 1. The maximum absolute atomic E-state index is 6.61. The quantitative estimate of drug-likeness (QED) is 0.176. The molecule has 0 bridgehead atoms. The first-order valence-corrected chi connectivity index (χ1v) is 17.8. The van der Waals surface area contributed by atoms with E-state index in [1.807, 2.05) is 48.5 Å². The van der Waals surface area contributed by atoms with Gasteiger partial charge in [-0.15, -0.1) is 0 Å². The SMILES string of the molecule is c1ccc(-c2nc(-c3ccc(-c4ccccc4)c(-c4ccc5ccccc5c4)c3)nc(-c3cccc4oc5c(-c6ccccc6)cccc5c34)n2)cc1. The fourth-order valence-electron chi connectivity index (χ4n) is 7.37. The van der Waals surface area contributed by atoms with Gasteiger partial charge in [0.25, 0.3) is 0 Å². The van der Waals surface area contributed by atoms with Crippen molar-refractivity contribution in [1.29, 1.82) is 0 Å². The van der Waals surface area contributed by atoms with Crippen LogP contribution in [0.15, 0.2) is 192 Å². The Labute approximate surface area is 306 Å². The summed E-state index contributed by atoms with van der Waals surface area (Å²) >= 11 is 0. The van der Waals surface area contributed by atoms with Gasteiger partial charge in [0, 0.05) is 33.0 Å².